The maximum absolute atomic E-state index is 9.89. The van der Waals surface area contributed by atoms with E-state index in [0.717, 1.165) is 5.56 Å². The van der Waals surface area contributed by atoms with Gasteiger partial charge in [0.2, 0.25) is 0 Å². The minimum atomic E-state index is -0.00371. The van der Waals surface area contributed by atoms with E-state index in [1.807, 2.05) is 19.1 Å². The molecule has 5 nitrogen and oxygen atoms in total. The lowest BCUT2D eigenvalue weighted by molar-refractivity contribution is 0.171. The third kappa shape index (κ3) is 2.83. The highest BCUT2D eigenvalue weighted by molar-refractivity contribution is 5.86. The molecular formula is C17H17NO4. The summed E-state index contributed by atoms with van der Waals surface area (Å²) in [6.07, 6.45) is 2.25. The lowest BCUT2D eigenvalue weighted by atomic mass is 10.1. The Hall–Kier alpha value is -2.69. The first-order chi connectivity index (χ1) is 10.7. The fourth-order valence-electron chi connectivity index (χ4n) is 2.28. The first-order valence-corrected chi connectivity index (χ1v) is 7.16. The summed E-state index contributed by atoms with van der Waals surface area (Å²) in [6.45, 7) is 3.02. The molecule has 5 heteroatoms. The van der Waals surface area contributed by atoms with Crippen LogP contribution in [-0.4, -0.2) is 29.6 Å². The zero-order valence-corrected chi connectivity index (χ0v) is 12.2. The van der Waals surface area contributed by atoms with E-state index in [-0.39, 0.29) is 11.5 Å². The molecule has 0 radical (unpaired) electrons. The minimum Gasteiger partial charge on any atom is -0.508 e. The molecule has 3 rings (SSSR count). The van der Waals surface area contributed by atoms with Gasteiger partial charge in [0.25, 0.3) is 0 Å². The summed E-state index contributed by atoms with van der Waals surface area (Å²) < 4.78 is 11.0. The first kappa shape index (κ1) is 14.3. The molecule has 0 saturated heterocycles. The van der Waals surface area contributed by atoms with Crippen LogP contribution in [0.4, 0.5) is 5.69 Å². The van der Waals surface area contributed by atoms with Gasteiger partial charge in [-0.1, -0.05) is 6.92 Å². The quantitative estimate of drug-likeness (QED) is 0.854. The van der Waals surface area contributed by atoms with Crippen LogP contribution in [0.2, 0.25) is 0 Å². The summed E-state index contributed by atoms with van der Waals surface area (Å²) in [5.41, 5.74) is 2.03. The Balaban J connectivity index is 1.88. The Kier molecular flexibility index (Phi) is 3.87. The van der Waals surface area contributed by atoms with Crippen LogP contribution in [-0.2, 0) is 6.42 Å². The van der Waals surface area contributed by atoms with E-state index in [9.17, 15) is 10.2 Å². The number of hydrogen-bond donors (Lipinski definition) is 2. The van der Waals surface area contributed by atoms with Gasteiger partial charge < -0.3 is 19.7 Å². The molecule has 0 aromatic heterocycles. The third-order valence-corrected chi connectivity index (χ3v) is 3.49. The Morgan fingerprint density at radius 1 is 1.05 bits per heavy atom. The molecule has 22 heavy (non-hydrogen) atoms. The molecular weight excluding hydrogens is 282 g/mol. The molecule has 0 amide bonds. The van der Waals surface area contributed by atoms with Crippen molar-refractivity contribution in [2.24, 2.45) is 4.99 Å². The summed E-state index contributed by atoms with van der Waals surface area (Å²) in [5, 5.41) is 19.6. The largest absolute Gasteiger partial charge is 0.508 e. The molecule has 1 heterocycles. The molecule has 1 aliphatic heterocycles. The van der Waals surface area contributed by atoms with Gasteiger partial charge in [0.1, 0.15) is 24.7 Å². The van der Waals surface area contributed by atoms with Crippen molar-refractivity contribution >= 4 is 11.9 Å². The van der Waals surface area contributed by atoms with Crippen molar-refractivity contribution in [1.29, 1.82) is 0 Å². The maximum atomic E-state index is 9.89. The predicted octanol–water partition coefficient (Wildman–Crippen LogP) is 3.18. The number of aromatic hydroxyl groups is 2. The van der Waals surface area contributed by atoms with E-state index >= 15 is 0 Å². The number of benzene rings is 2. The summed E-state index contributed by atoms with van der Waals surface area (Å²) in [6, 6.07) is 8.50. The van der Waals surface area contributed by atoms with Crippen molar-refractivity contribution in [3.05, 3.63) is 41.5 Å². The molecule has 0 unspecified atom stereocenters. The Morgan fingerprint density at radius 3 is 2.59 bits per heavy atom. The van der Waals surface area contributed by atoms with E-state index in [2.05, 4.69) is 4.99 Å². The number of nitrogens with zero attached hydrogens (tertiary/aromatic N) is 1. The van der Waals surface area contributed by atoms with Crippen molar-refractivity contribution in [2.45, 2.75) is 13.3 Å². The van der Waals surface area contributed by atoms with Crippen molar-refractivity contribution in [3.63, 3.8) is 0 Å². The van der Waals surface area contributed by atoms with E-state index in [1.165, 1.54) is 6.07 Å². The molecule has 0 aliphatic carbocycles. The van der Waals surface area contributed by atoms with Crippen molar-refractivity contribution in [2.75, 3.05) is 13.2 Å². The second-order valence-electron chi connectivity index (χ2n) is 4.98. The number of hydrogen-bond acceptors (Lipinski definition) is 5. The smallest absolute Gasteiger partial charge is 0.163 e. The van der Waals surface area contributed by atoms with E-state index < -0.39 is 0 Å². The van der Waals surface area contributed by atoms with Crippen LogP contribution in [0.15, 0.2) is 35.3 Å². The number of rotatable bonds is 3. The van der Waals surface area contributed by atoms with Gasteiger partial charge >= 0.3 is 0 Å². The predicted molar refractivity (Wildman–Crippen MR) is 83.8 cm³/mol. The summed E-state index contributed by atoms with van der Waals surface area (Å²) in [5.74, 6) is 1.48. The van der Waals surface area contributed by atoms with Crippen LogP contribution in [0.5, 0.6) is 23.0 Å². The van der Waals surface area contributed by atoms with Crippen LogP contribution < -0.4 is 9.47 Å². The van der Waals surface area contributed by atoms with Gasteiger partial charge in [0.15, 0.2) is 11.5 Å². The Labute approximate surface area is 128 Å². The molecule has 0 saturated carbocycles. The lowest BCUT2D eigenvalue weighted by Crippen LogP contribution is -2.14. The SMILES string of the molecule is CCc1cc(C=Nc2ccc3c(c2)OCCO3)c(O)cc1O. The Morgan fingerprint density at radius 2 is 1.82 bits per heavy atom. The number of fused-ring (bicyclic) bond motifs is 1. The molecule has 2 N–H and O–H groups in total. The molecule has 0 atom stereocenters. The lowest BCUT2D eigenvalue weighted by Gasteiger charge is -2.18. The second-order valence-corrected chi connectivity index (χ2v) is 4.98. The molecule has 0 spiro atoms. The zero-order chi connectivity index (χ0) is 15.5. The Bertz CT molecular complexity index is 725. The highest BCUT2D eigenvalue weighted by atomic mass is 16.6. The van der Waals surface area contributed by atoms with Crippen molar-refractivity contribution in [3.8, 4) is 23.0 Å². The standard InChI is InChI=1S/C17H17NO4/c1-2-11-7-12(15(20)9-14(11)19)10-18-13-3-4-16-17(8-13)22-6-5-21-16/h3-4,7-10,19-20H,2,5-6H2,1H3. The monoisotopic (exact) mass is 299 g/mol. The van der Waals surface area contributed by atoms with E-state index in [1.54, 1.807) is 18.3 Å². The van der Waals surface area contributed by atoms with Crippen LogP contribution in [0.25, 0.3) is 0 Å². The van der Waals surface area contributed by atoms with Crippen LogP contribution in [0, 0.1) is 0 Å². The molecule has 0 bridgehead atoms. The van der Waals surface area contributed by atoms with Gasteiger partial charge in [-0.15, -0.1) is 0 Å². The molecule has 1 aliphatic rings. The van der Waals surface area contributed by atoms with E-state index in [4.69, 9.17) is 9.47 Å². The molecule has 2 aromatic rings. The average Bonchev–Trinajstić information content (AvgIpc) is 2.54. The minimum absolute atomic E-state index is 0.00371. The normalized spacial score (nSPS) is 13.5. The number of ether oxygens (including phenoxy) is 2. The molecule has 2 aromatic carbocycles. The van der Waals surface area contributed by atoms with Crippen molar-refractivity contribution < 1.29 is 19.7 Å². The van der Waals surface area contributed by atoms with E-state index in [0.29, 0.717) is 42.4 Å². The van der Waals surface area contributed by atoms with Crippen molar-refractivity contribution in [1.82, 2.24) is 0 Å². The van der Waals surface area contributed by atoms with Gasteiger partial charge in [-0.2, -0.15) is 0 Å². The van der Waals surface area contributed by atoms with Gasteiger partial charge in [-0.3, -0.25) is 4.99 Å². The zero-order valence-electron chi connectivity index (χ0n) is 12.2. The highest BCUT2D eigenvalue weighted by Gasteiger charge is 2.11. The maximum Gasteiger partial charge on any atom is 0.163 e. The van der Waals surface area contributed by atoms with Crippen LogP contribution in [0.1, 0.15) is 18.1 Å². The van der Waals surface area contributed by atoms with Gasteiger partial charge in [0.05, 0.1) is 5.69 Å². The van der Waals surface area contributed by atoms with Gasteiger partial charge in [0, 0.05) is 23.9 Å². The van der Waals surface area contributed by atoms with Crippen LogP contribution >= 0.6 is 0 Å². The average molecular weight is 299 g/mol. The number of aliphatic imine (C=N–C) groups is 1. The van der Waals surface area contributed by atoms with Gasteiger partial charge in [-0.25, -0.2) is 0 Å². The molecule has 114 valence electrons. The molecule has 0 fully saturated rings. The number of aryl methyl sites for hydroxylation is 1. The summed E-state index contributed by atoms with van der Waals surface area (Å²) >= 11 is 0. The summed E-state index contributed by atoms with van der Waals surface area (Å²) in [7, 11) is 0. The van der Waals surface area contributed by atoms with Gasteiger partial charge in [-0.05, 0) is 30.2 Å². The summed E-state index contributed by atoms with van der Waals surface area (Å²) in [4.78, 5) is 4.35. The second kappa shape index (κ2) is 5.97. The topological polar surface area (TPSA) is 71.3 Å². The number of phenols is 2. The fourth-order valence-corrected chi connectivity index (χ4v) is 2.28. The third-order valence-electron chi connectivity index (χ3n) is 3.49. The first-order valence-electron chi connectivity index (χ1n) is 7.16. The number of phenolic OH excluding ortho intramolecular Hbond substituents is 2. The fraction of sp³-hybridized carbons (Fsp3) is 0.235. The van der Waals surface area contributed by atoms with Crippen LogP contribution in [0.3, 0.4) is 0 Å². The highest BCUT2D eigenvalue weighted by Crippen LogP contribution is 2.34.